The number of fused-ring (bicyclic) bond motifs is 1. The number of ether oxygens (including phenoxy) is 3. The first-order valence-corrected chi connectivity index (χ1v) is 12.0. The van der Waals surface area contributed by atoms with E-state index in [0.717, 1.165) is 64.9 Å². The van der Waals surface area contributed by atoms with E-state index in [2.05, 4.69) is 35.7 Å². The van der Waals surface area contributed by atoms with Gasteiger partial charge in [0.05, 0.1) is 19.8 Å². The van der Waals surface area contributed by atoms with Gasteiger partial charge >= 0.3 is 6.09 Å². The molecule has 0 aromatic heterocycles. The van der Waals surface area contributed by atoms with Gasteiger partial charge in [-0.15, -0.1) is 11.6 Å². The first-order chi connectivity index (χ1) is 15.7. The third-order valence-electron chi connectivity index (χ3n) is 5.24. The highest BCUT2D eigenvalue weighted by Gasteiger charge is 2.08. The van der Waals surface area contributed by atoms with Crippen LogP contribution in [0.5, 0.6) is 0 Å². The van der Waals surface area contributed by atoms with Crippen LogP contribution in [-0.2, 0) is 20.8 Å². The number of amides is 1. The summed E-state index contributed by atoms with van der Waals surface area (Å²) in [5.74, 6) is 0.732. The van der Waals surface area contributed by atoms with Crippen LogP contribution in [0.1, 0.15) is 45.1 Å². The number of alkyl halides is 1. The van der Waals surface area contributed by atoms with E-state index < -0.39 is 6.09 Å². The molecule has 0 atom stereocenters. The molecule has 0 saturated carbocycles. The van der Waals surface area contributed by atoms with Gasteiger partial charge in [-0.3, -0.25) is 0 Å². The van der Waals surface area contributed by atoms with Crippen molar-refractivity contribution in [3.63, 3.8) is 0 Å². The van der Waals surface area contributed by atoms with Crippen LogP contribution in [0.15, 0.2) is 30.3 Å². The van der Waals surface area contributed by atoms with Gasteiger partial charge in [0.2, 0.25) is 0 Å². The lowest BCUT2D eigenvalue weighted by Gasteiger charge is -2.11. The van der Waals surface area contributed by atoms with Crippen LogP contribution in [-0.4, -0.2) is 44.9 Å². The SMILES string of the molecule is C/C=c1/cc2ccccc2c(COC(=O)NCCOCCOCCCCCCCl)/c1=C/C. The number of carbonyl (C=O) groups excluding carboxylic acids is 1. The lowest BCUT2D eigenvalue weighted by Crippen LogP contribution is -2.32. The van der Waals surface area contributed by atoms with E-state index >= 15 is 0 Å². The Hall–Kier alpha value is -2.08. The molecule has 0 heterocycles. The standard InChI is InChI=1S/C26H36ClNO4/c1-3-21-19-22-11-7-8-12-24(22)25(23(21)4-2)20-32-26(29)28-14-16-31-18-17-30-15-10-6-5-9-13-27/h3-4,7-8,11-12,19H,5-6,9-10,13-18,20H2,1-2H3,(H,28,29)/b21-3-,23-4+. The number of halogens is 1. The van der Waals surface area contributed by atoms with Crippen LogP contribution in [0.25, 0.3) is 22.9 Å². The van der Waals surface area contributed by atoms with Crippen molar-refractivity contribution < 1.29 is 19.0 Å². The Morgan fingerprint density at radius 2 is 1.72 bits per heavy atom. The molecule has 0 saturated heterocycles. The number of unbranched alkanes of at least 4 members (excludes halogenated alkanes) is 3. The third kappa shape index (κ3) is 8.81. The predicted molar refractivity (Wildman–Crippen MR) is 132 cm³/mol. The van der Waals surface area contributed by atoms with Crippen LogP contribution in [0.3, 0.4) is 0 Å². The molecule has 6 heteroatoms. The minimum Gasteiger partial charge on any atom is -0.445 e. The Bertz CT molecular complexity index is 945. The second-order valence-electron chi connectivity index (χ2n) is 7.49. The van der Waals surface area contributed by atoms with Gasteiger partial charge < -0.3 is 19.5 Å². The molecule has 2 aromatic carbocycles. The van der Waals surface area contributed by atoms with Crippen molar-refractivity contribution in [3.05, 3.63) is 46.3 Å². The van der Waals surface area contributed by atoms with Crippen LogP contribution in [0.4, 0.5) is 4.79 Å². The van der Waals surface area contributed by atoms with E-state index in [1.165, 1.54) is 0 Å². The highest BCUT2D eigenvalue weighted by atomic mass is 35.5. The molecule has 2 aromatic rings. The lowest BCUT2D eigenvalue weighted by molar-refractivity contribution is 0.0467. The highest BCUT2D eigenvalue weighted by molar-refractivity contribution is 6.17. The van der Waals surface area contributed by atoms with Crippen molar-refractivity contribution in [1.82, 2.24) is 5.32 Å². The van der Waals surface area contributed by atoms with Gasteiger partial charge in [0.15, 0.2) is 0 Å². The molecular weight excluding hydrogens is 426 g/mol. The summed E-state index contributed by atoms with van der Waals surface area (Å²) in [6.07, 6.45) is 8.12. The number of alkyl carbamates (subject to hydrolysis) is 1. The fraction of sp³-hybridized carbons (Fsp3) is 0.500. The monoisotopic (exact) mass is 461 g/mol. The molecule has 0 aliphatic rings. The zero-order valence-electron chi connectivity index (χ0n) is 19.3. The van der Waals surface area contributed by atoms with Crippen LogP contribution in [0.2, 0.25) is 0 Å². The highest BCUT2D eigenvalue weighted by Crippen LogP contribution is 2.15. The number of rotatable bonds is 14. The van der Waals surface area contributed by atoms with Crippen molar-refractivity contribution in [3.8, 4) is 0 Å². The number of carbonyl (C=O) groups is 1. The van der Waals surface area contributed by atoms with Gasteiger partial charge in [0, 0.05) is 24.6 Å². The molecule has 0 bridgehead atoms. The zero-order valence-corrected chi connectivity index (χ0v) is 20.1. The normalized spacial score (nSPS) is 12.5. The first kappa shape index (κ1) is 26.2. The molecule has 5 nitrogen and oxygen atoms in total. The Balaban J connectivity index is 1.69. The zero-order chi connectivity index (χ0) is 23.0. The largest absolute Gasteiger partial charge is 0.445 e. The van der Waals surface area contributed by atoms with Crippen molar-refractivity contribution in [1.29, 1.82) is 0 Å². The topological polar surface area (TPSA) is 56.8 Å². The van der Waals surface area contributed by atoms with Crippen LogP contribution in [0, 0.1) is 0 Å². The van der Waals surface area contributed by atoms with E-state index in [1.807, 2.05) is 26.0 Å². The van der Waals surface area contributed by atoms with E-state index in [4.69, 9.17) is 25.8 Å². The summed E-state index contributed by atoms with van der Waals surface area (Å²) in [6, 6.07) is 10.3. The average Bonchev–Trinajstić information content (AvgIpc) is 2.82. The first-order valence-electron chi connectivity index (χ1n) is 11.5. The maximum atomic E-state index is 12.1. The molecule has 0 aliphatic carbocycles. The molecule has 0 spiro atoms. The summed E-state index contributed by atoms with van der Waals surface area (Å²) in [5.41, 5.74) is 1.02. The summed E-state index contributed by atoms with van der Waals surface area (Å²) >= 11 is 5.65. The maximum Gasteiger partial charge on any atom is 0.407 e. The summed E-state index contributed by atoms with van der Waals surface area (Å²) in [6.45, 7) is 6.88. The number of nitrogens with one attached hydrogen (secondary N) is 1. The molecule has 2 rings (SSSR count). The van der Waals surface area contributed by atoms with E-state index in [9.17, 15) is 4.79 Å². The fourth-order valence-electron chi connectivity index (χ4n) is 3.59. The van der Waals surface area contributed by atoms with Crippen LogP contribution >= 0.6 is 11.6 Å². The molecule has 0 aliphatic heterocycles. The molecule has 32 heavy (non-hydrogen) atoms. The number of benzene rings is 2. The average molecular weight is 462 g/mol. The van der Waals surface area contributed by atoms with Crippen molar-refractivity contribution in [2.24, 2.45) is 0 Å². The molecular formula is C26H36ClNO4. The van der Waals surface area contributed by atoms with Crippen molar-refractivity contribution in [2.75, 3.05) is 38.9 Å². The number of hydrogen-bond acceptors (Lipinski definition) is 4. The fourth-order valence-corrected chi connectivity index (χ4v) is 3.77. The Morgan fingerprint density at radius 3 is 2.47 bits per heavy atom. The summed E-state index contributed by atoms with van der Waals surface area (Å²) in [7, 11) is 0. The molecule has 0 fully saturated rings. The quantitative estimate of drug-likeness (QED) is 0.332. The van der Waals surface area contributed by atoms with Gasteiger partial charge in [-0.25, -0.2) is 4.79 Å². The van der Waals surface area contributed by atoms with E-state index in [-0.39, 0.29) is 6.61 Å². The number of hydrogen-bond donors (Lipinski definition) is 1. The maximum absolute atomic E-state index is 12.1. The Labute approximate surface area is 196 Å². The van der Waals surface area contributed by atoms with Gasteiger partial charge in [-0.1, -0.05) is 49.3 Å². The van der Waals surface area contributed by atoms with Crippen LogP contribution < -0.4 is 15.8 Å². The minimum absolute atomic E-state index is 0.216. The molecule has 1 amide bonds. The summed E-state index contributed by atoms with van der Waals surface area (Å²) in [5, 5.41) is 7.21. The smallest absolute Gasteiger partial charge is 0.407 e. The van der Waals surface area contributed by atoms with Crippen molar-refractivity contribution >= 4 is 40.6 Å². The lowest BCUT2D eigenvalue weighted by atomic mass is 10.0. The van der Waals surface area contributed by atoms with Gasteiger partial charge in [-0.05, 0) is 54.0 Å². The third-order valence-corrected chi connectivity index (χ3v) is 5.51. The van der Waals surface area contributed by atoms with Gasteiger partial charge in [0.1, 0.15) is 6.61 Å². The molecule has 1 N–H and O–H groups in total. The van der Waals surface area contributed by atoms with E-state index in [1.54, 1.807) is 0 Å². The predicted octanol–water partition coefficient (Wildman–Crippen LogP) is 4.50. The molecule has 0 unspecified atom stereocenters. The van der Waals surface area contributed by atoms with Crippen molar-refractivity contribution in [2.45, 2.75) is 46.1 Å². The molecule has 176 valence electrons. The summed E-state index contributed by atoms with van der Waals surface area (Å²) in [4.78, 5) is 12.1. The second-order valence-corrected chi connectivity index (χ2v) is 7.87. The van der Waals surface area contributed by atoms with Gasteiger partial charge in [0.25, 0.3) is 0 Å². The Kier molecular flexibility index (Phi) is 12.8. The second kappa shape index (κ2) is 15.7. The van der Waals surface area contributed by atoms with Gasteiger partial charge in [-0.2, -0.15) is 0 Å². The molecule has 0 radical (unpaired) electrons. The van der Waals surface area contributed by atoms with E-state index in [0.29, 0.717) is 26.4 Å². The minimum atomic E-state index is -0.446. The Morgan fingerprint density at radius 1 is 0.969 bits per heavy atom. The summed E-state index contributed by atoms with van der Waals surface area (Å²) < 4.78 is 16.5.